The normalized spacial score (nSPS) is 19.4. The maximum atomic E-state index is 11.5. The van der Waals surface area contributed by atoms with Crippen molar-refractivity contribution in [2.75, 3.05) is 13.1 Å². The topological polar surface area (TPSA) is 55.1 Å². The van der Waals surface area contributed by atoms with Gasteiger partial charge in [-0.1, -0.05) is 12.5 Å². The molecule has 0 saturated heterocycles. The molecular weight excluding hydrogens is 152 g/mol. The third-order valence-corrected chi connectivity index (χ3v) is 2.59. The summed E-state index contributed by atoms with van der Waals surface area (Å²) in [7, 11) is 0. The maximum Gasteiger partial charge on any atom is 0.227 e. The average molecular weight is 168 g/mol. The van der Waals surface area contributed by atoms with Gasteiger partial charge in [0.2, 0.25) is 5.91 Å². The van der Waals surface area contributed by atoms with Crippen LogP contribution in [0.2, 0.25) is 0 Å². The molecule has 1 fully saturated rings. The number of hydrogen-bond donors (Lipinski definition) is 2. The minimum Gasteiger partial charge on any atom is -0.352 e. The minimum absolute atomic E-state index is 0.0937. The van der Waals surface area contributed by atoms with E-state index in [1.165, 1.54) is 0 Å². The molecule has 0 heterocycles. The van der Waals surface area contributed by atoms with Gasteiger partial charge in [-0.25, -0.2) is 0 Å². The molecule has 1 rings (SSSR count). The lowest BCUT2D eigenvalue weighted by atomic mass is 9.68. The molecule has 0 spiro atoms. The van der Waals surface area contributed by atoms with Crippen molar-refractivity contribution >= 4 is 5.91 Å². The summed E-state index contributed by atoms with van der Waals surface area (Å²) in [5.41, 5.74) is 5.31. The molecular formula is C9H16N2O. The van der Waals surface area contributed by atoms with E-state index in [1.807, 2.05) is 0 Å². The largest absolute Gasteiger partial charge is 0.352 e. The van der Waals surface area contributed by atoms with Gasteiger partial charge >= 0.3 is 0 Å². The second kappa shape index (κ2) is 3.72. The van der Waals surface area contributed by atoms with Gasteiger partial charge in [-0.2, -0.15) is 0 Å². The molecule has 1 aliphatic rings. The smallest absolute Gasteiger partial charge is 0.227 e. The van der Waals surface area contributed by atoms with Crippen LogP contribution < -0.4 is 11.1 Å². The molecule has 3 heteroatoms. The van der Waals surface area contributed by atoms with Gasteiger partial charge < -0.3 is 11.1 Å². The van der Waals surface area contributed by atoms with E-state index in [2.05, 4.69) is 11.9 Å². The molecule has 0 aromatic rings. The Bertz CT molecular complexity index is 179. The average Bonchev–Trinajstić information content (AvgIpc) is 2.00. The van der Waals surface area contributed by atoms with E-state index in [-0.39, 0.29) is 11.3 Å². The first-order valence-electron chi connectivity index (χ1n) is 4.34. The van der Waals surface area contributed by atoms with Gasteiger partial charge in [-0.05, 0) is 12.8 Å². The van der Waals surface area contributed by atoms with Crippen LogP contribution in [-0.2, 0) is 4.79 Å². The van der Waals surface area contributed by atoms with Crippen molar-refractivity contribution < 1.29 is 4.79 Å². The minimum atomic E-state index is -0.247. The first kappa shape index (κ1) is 9.26. The highest BCUT2D eigenvalue weighted by Crippen LogP contribution is 2.39. The van der Waals surface area contributed by atoms with Crippen LogP contribution >= 0.6 is 0 Å². The zero-order chi connectivity index (χ0) is 9.03. The Balaban J connectivity index is 2.43. The monoisotopic (exact) mass is 168 g/mol. The molecule has 0 aromatic carbocycles. The van der Waals surface area contributed by atoms with Gasteiger partial charge in [0, 0.05) is 13.1 Å². The summed E-state index contributed by atoms with van der Waals surface area (Å²) in [5.74, 6) is 0.0937. The van der Waals surface area contributed by atoms with Crippen molar-refractivity contribution in [2.45, 2.75) is 19.3 Å². The predicted octanol–water partition coefficient (Wildman–Crippen LogP) is 0.418. The second-order valence-electron chi connectivity index (χ2n) is 3.34. The Morgan fingerprint density at radius 1 is 1.67 bits per heavy atom. The molecule has 68 valence electrons. The van der Waals surface area contributed by atoms with E-state index < -0.39 is 0 Å². The van der Waals surface area contributed by atoms with E-state index in [1.54, 1.807) is 6.08 Å². The summed E-state index contributed by atoms with van der Waals surface area (Å²) in [6, 6.07) is 0. The van der Waals surface area contributed by atoms with E-state index >= 15 is 0 Å². The van der Waals surface area contributed by atoms with Crippen molar-refractivity contribution in [2.24, 2.45) is 11.1 Å². The number of carbonyl (C=O) groups excluding carboxylic acids is 1. The van der Waals surface area contributed by atoms with E-state index in [4.69, 9.17) is 5.73 Å². The lowest BCUT2D eigenvalue weighted by Gasteiger charge is -2.38. The van der Waals surface area contributed by atoms with Gasteiger partial charge in [-0.3, -0.25) is 4.79 Å². The highest BCUT2D eigenvalue weighted by molar-refractivity contribution is 5.83. The number of nitrogens with two attached hydrogens (primary N) is 1. The van der Waals surface area contributed by atoms with Crippen LogP contribution in [0.1, 0.15) is 19.3 Å². The third kappa shape index (κ3) is 1.50. The van der Waals surface area contributed by atoms with Crippen molar-refractivity contribution in [3.63, 3.8) is 0 Å². The summed E-state index contributed by atoms with van der Waals surface area (Å²) in [6.45, 7) is 4.55. The van der Waals surface area contributed by atoms with Gasteiger partial charge in [0.15, 0.2) is 0 Å². The molecule has 0 unspecified atom stereocenters. The third-order valence-electron chi connectivity index (χ3n) is 2.59. The Morgan fingerprint density at radius 3 is 2.67 bits per heavy atom. The molecule has 1 aliphatic carbocycles. The molecule has 0 aromatic heterocycles. The molecule has 1 amide bonds. The van der Waals surface area contributed by atoms with Crippen LogP contribution in [0.25, 0.3) is 0 Å². The highest BCUT2D eigenvalue weighted by atomic mass is 16.2. The summed E-state index contributed by atoms with van der Waals surface area (Å²) in [5, 5.41) is 2.79. The number of nitrogens with one attached hydrogen (secondary N) is 1. The van der Waals surface area contributed by atoms with Crippen LogP contribution in [0.4, 0.5) is 0 Å². The fourth-order valence-electron chi connectivity index (χ4n) is 1.48. The van der Waals surface area contributed by atoms with Gasteiger partial charge in [0.1, 0.15) is 0 Å². The number of rotatable bonds is 4. The Morgan fingerprint density at radius 2 is 2.33 bits per heavy atom. The maximum absolute atomic E-state index is 11.5. The summed E-state index contributed by atoms with van der Waals surface area (Å²) < 4.78 is 0. The van der Waals surface area contributed by atoms with Gasteiger partial charge in [0.25, 0.3) is 0 Å². The van der Waals surface area contributed by atoms with E-state index in [0.717, 1.165) is 19.3 Å². The fourth-order valence-corrected chi connectivity index (χ4v) is 1.48. The molecule has 0 atom stereocenters. The van der Waals surface area contributed by atoms with Crippen molar-refractivity contribution in [3.8, 4) is 0 Å². The quantitative estimate of drug-likeness (QED) is 0.598. The Hall–Kier alpha value is -0.830. The first-order chi connectivity index (χ1) is 5.75. The first-order valence-corrected chi connectivity index (χ1v) is 4.34. The van der Waals surface area contributed by atoms with Crippen LogP contribution in [0.5, 0.6) is 0 Å². The van der Waals surface area contributed by atoms with Crippen LogP contribution in [0.3, 0.4) is 0 Å². The number of carbonyl (C=O) groups is 1. The summed E-state index contributed by atoms with van der Waals surface area (Å²) in [6.07, 6.45) is 4.68. The molecule has 12 heavy (non-hydrogen) atoms. The fraction of sp³-hybridized carbons (Fsp3) is 0.667. The summed E-state index contributed by atoms with van der Waals surface area (Å²) in [4.78, 5) is 11.5. The summed E-state index contributed by atoms with van der Waals surface area (Å²) >= 11 is 0. The Labute approximate surface area is 73.0 Å². The van der Waals surface area contributed by atoms with Crippen LogP contribution in [-0.4, -0.2) is 19.0 Å². The lowest BCUT2D eigenvalue weighted by molar-refractivity contribution is -0.134. The van der Waals surface area contributed by atoms with Crippen molar-refractivity contribution in [3.05, 3.63) is 12.7 Å². The van der Waals surface area contributed by atoms with Crippen LogP contribution in [0, 0.1) is 5.41 Å². The second-order valence-corrected chi connectivity index (χ2v) is 3.34. The Kier molecular flexibility index (Phi) is 2.87. The SMILES string of the molecule is C=CCNC(=O)C1(CN)CCC1. The molecule has 0 aliphatic heterocycles. The molecule has 1 saturated carbocycles. The number of amides is 1. The highest BCUT2D eigenvalue weighted by Gasteiger charge is 2.42. The lowest BCUT2D eigenvalue weighted by Crippen LogP contribution is -2.50. The van der Waals surface area contributed by atoms with E-state index in [0.29, 0.717) is 13.1 Å². The zero-order valence-corrected chi connectivity index (χ0v) is 7.31. The zero-order valence-electron chi connectivity index (χ0n) is 7.31. The van der Waals surface area contributed by atoms with Gasteiger partial charge in [-0.15, -0.1) is 6.58 Å². The molecule has 0 bridgehead atoms. The molecule has 3 nitrogen and oxygen atoms in total. The molecule has 3 N–H and O–H groups in total. The van der Waals surface area contributed by atoms with Crippen molar-refractivity contribution in [1.82, 2.24) is 5.32 Å². The van der Waals surface area contributed by atoms with Crippen molar-refractivity contribution in [1.29, 1.82) is 0 Å². The predicted molar refractivity (Wildman–Crippen MR) is 48.5 cm³/mol. The standard InChI is InChI=1S/C9H16N2O/c1-2-6-11-8(12)9(7-10)4-3-5-9/h2H,1,3-7,10H2,(H,11,12). The van der Waals surface area contributed by atoms with Crippen LogP contribution in [0.15, 0.2) is 12.7 Å². The van der Waals surface area contributed by atoms with E-state index in [9.17, 15) is 4.79 Å². The number of hydrogen-bond acceptors (Lipinski definition) is 2. The van der Waals surface area contributed by atoms with Gasteiger partial charge in [0.05, 0.1) is 5.41 Å². The molecule has 0 radical (unpaired) electrons.